The highest BCUT2D eigenvalue weighted by Gasteiger charge is 2.30. The fourth-order valence-electron chi connectivity index (χ4n) is 2.60. The fraction of sp³-hybridized carbons (Fsp3) is 0.200. The molecule has 2 aromatic rings. The van der Waals surface area contributed by atoms with Crippen LogP contribution in [0.1, 0.15) is 16.7 Å². The number of alkyl halides is 3. The van der Waals surface area contributed by atoms with Gasteiger partial charge in [-0.05, 0) is 34.2 Å². The third-order valence-electron chi connectivity index (χ3n) is 3.34. The molecule has 0 aromatic heterocycles. The highest BCUT2D eigenvalue weighted by atomic mass is 19.4. The Morgan fingerprint density at radius 2 is 1.61 bits per heavy atom. The van der Waals surface area contributed by atoms with Gasteiger partial charge in [0.05, 0.1) is 6.42 Å². The Balaban J connectivity index is 2.09. The van der Waals surface area contributed by atoms with Crippen LogP contribution in [0.5, 0.6) is 0 Å². The molecule has 0 aliphatic heterocycles. The first-order valence-electron chi connectivity index (χ1n) is 5.80. The van der Waals surface area contributed by atoms with Gasteiger partial charge in [-0.15, -0.1) is 0 Å². The van der Waals surface area contributed by atoms with Crippen LogP contribution in [0.25, 0.3) is 11.1 Å². The summed E-state index contributed by atoms with van der Waals surface area (Å²) in [5, 5.41) is 0. The van der Waals surface area contributed by atoms with Crippen LogP contribution < -0.4 is 0 Å². The summed E-state index contributed by atoms with van der Waals surface area (Å²) in [6.07, 6.45) is -4.38. The van der Waals surface area contributed by atoms with Gasteiger partial charge in [-0.25, -0.2) is 0 Å². The van der Waals surface area contributed by atoms with Crippen molar-refractivity contribution in [3.05, 3.63) is 59.2 Å². The van der Waals surface area contributed by atoms with E-state index in [1.807, 2.05) is 30.3 Å². The van der Waals surface area contributed by atoms with Crippen molar-refractivity contribution in [1.82, 2.24) is 0 Å². The van der Waals surface area contributed by atoms with E-state index in [-0.39, 0.29) is 0 Å². The number of rotatable bonds is 1. The first-order chi connectivity index (χ1) is 8.54. The lowest BCUT2D eigenvalue weighted by Gasteiger charge is -2.10. The maximum atomic E-state index is 12.5. The Morgan fingerprint density at radius 3 is 2.39 bits per heavy atom. The molecule has 3 heteroatoms. The number of hydrogen-bond donors (Lipinski definition) is 0. The molecule has 0 saturated heterocycles. The van der Waals surface area contributed by atoms with Gasteiger partial charge in [0.1, 0.15) is 0 Å². The summed E-state index contributed by atoms with van der Waals surface area (Å²) >= 11 is 0. The average molecular weight is 248 g/mol. The maximum Gasteiger partial charge on any atom is 0.393 e. The second kappa shape index (κ2) is 3.87. The predicted molar refractivity (Wildman–Crippen MR) is 64.4 cm³/mol. The molecule has 0 atom stereocenters. The third-order valence-corrected chi connectivity index (χ3v) is 3.34. The molecule has 0 radical (unpaired) electrons. The van der Waals surface area contributed by atoms with Crippen LogP contribution in [0, 0.1) is 0 Å². The highest BCUT2D eigenvalue weighted by molar-refractivity contribution is 5.77. The fourth-order valence-corrected chi connectivity index (χ4v) is 2.60. The quantitative estimate of drug-likeness (QED) is 0.600. The van der Waals surface area contributed by atoms with Crippen molar-refractivity contribution in [3.8, 4) is 11.1 Å². The SMILES string of the molecule is FC(F)(F)Cc1cccc2c1Cc1ccccc1-2. The molecule has 0 nitrogen and oxygen atoms in total. The van der Waals surface area contributed by atoms with Crippen molar-refractivity contribution in [2.45, 2.75) is 19.0 Å². The Morgan fingerprint density at radius 1 is 0.889 bits per heavy atom. The standard InChI is InChI=1S/C15H11F3/c16-15(17,18)9-11-5-3-7-13-12-6-2-1-4-10(12)8-14(11)13/h1-7H,8-9H2. The minimum atomic E-state index is -4.15. The van der Waals surface area contributed by atoms with Crippen LogP contribution in [-0.4, -0.2) is 6.18 Å². The van der Waals surface area contributed by atoms with Crippen LogP contribution in [0.15, 0.2) is 42.5 Å². The summed E-state index contributed by atoms with van der Waals surface area (Å²) in [5.74, 6) is 0. The van der Waals surface area contributed by atoms with Crippen LogP contribution in [0.3, 0.4) is 0 Å². The third kappa shape index (κ3) is 1.90. The van der Waals surface area contributed by atoms with Crippen LogP contribution in [-0.2, 0) is 12.8 Å². The summed E-state index contributed by atoms with van der Waals surface area (Å²) in [6.45, 7) is 0. The van der Waals surface area contributed by atoms with Gasteiger partial charge >= 0.3 is 6.18 Å². The summed E-state index contributed by atoms with van der Waals surface area (Å²) in [5.41, 5.74) is 4.36. The summed E-state index contributed by atoms with van der Waals surface area (Å²) in [6, 6.07) is 13.0. The van der Waals surface area contributed by atoms with Crippen LogP contribution in [0.2, 0.25) is 0 Å². The van der Waals surface area contributed by atoms with Crippen molar-refractivity contribution in [3.63, 3.8) is 0 Å². The molecular formula is C15H11F3. The zero-order chi connectivity index (χ0) is 12.8. The molecule has 0 fully saturated rings. The first kappa shape index (κ1) is 11.3. The molecule has 0 saturated carbocycles. The Bertz CT molecular complexity index is 597. The average Bonchev–Trinajstić information content (AvgIpc) is 2.67. The second-order valence-corrected chi connectivity index (χ2v) is 4.57. The van der Waals surface area contributed by atoms with E-state index < -0.39 is 12.6 Å². The van der Waals surface area contributed by atoms with Gasteiger partial charge in [0.25, 0.3) is 0 Å². The van der Waals surface area contributed by atoms with Gasteiger partial charge in [-0.1, -0.05) is 42.5 Å². The number of halogens is 3. The molecule has 92 valence electrons. The van der Waals surface area contributed by atoms with E-state index in [9.17, 15) is 13.2 Å². The lowest BCUT2D eigenvalue weighted by atomic mass is 9.99. The van der Waals surface area contributed by atoms with E-state index in [1.54, 1.807) is 12.1 Å². The summed E-state index contributed by atoms with van der Waals surface area (Å²) in [4.78, 5) is 0. The van der Waals surface area contributed by atoms with E-state index in [4.69, 9.17) is 0 Å². The van der Waals surface area contributed by atoms with E-state index in [0.29, 0.717) is 12.0 Å². The Kier molecular flexibility index (Phi) is 2.44. The molecule has 3 rings (SSSR count). The highest BCUT2D eigenvalue weighted by Crippen LogP contribution is 2.39. The molecule has 0 bridgehead atoms. The topological polar surface area (TPSA) is 0 Å². The monoisotopic (exact) mass is 248 g/mol. The normalized spacial score (nSPS) is 13.3. The van der Waals surface area contributed by atoms with Gasteiger partial charge in [0, 0.05) is 0 Å². The molecular weight excluding hydrogens is 237 g/mol. The Labute approximate surface area is 103 Å². The van der Waals surface area contributed by atoms with Gasteiger partial charge in [-0.2, -0.15) is 13.2 Å². The lowest BCUT2D eigenvalue weighted by molar-refractivity contribution is -0.127. The Hall–Kier alpha value is -1.77. The minimum absolute atomic E-state index is 0.399. The van der Waals surface area contributed by atoms with Crippen LogP contribution >= 0.6 is 0 Å². The predicted octanol–water partition coefficient (Wildman–Crippen LogP) is 4.36. The molecule has 0 unspecified atom stereocenters. The van der Waals surface area contributed by atoms with Crippen molar-refractivity contribution in [2.75, 3.05) is 0 Å². The zero-order valence-corrected chi connectivity index (χ0v) is 9.59. The van der Waals surface area contributed by atoms with Crippen molar-refractivity contribution < 1.29 is 13.2 Å². The van der Waals surface area contributed by atoms with Crippen molar-refractivity contribution >= 4 is 0 Å². The molecule has 0 spiro atoms. The molecule has 18 heavy (non-hydrogen) atoms. The van der Waals surface area contributed by atoms with Gasteiger partial charge < -0.3 is 0 Å². The number of fused-ring (bicyclic) bond motifs is 3. The van der Waals surface area contributed by atoms with Crippen molar-refractivity contribution in [2.24, 2.45) is 0 Å². The van der Waals surface area contributed by atoms with Crippen molar-refractivity contribution in [1.29, 1.82) is 0 Å². The van der Waals surface area contributed by atoms with Gasteiger partial charge in [0.2, 0.25) is 0 Å². The smallest absolute Gasteiger partial charge is 0.171 e. The summed E-state index contributed by atoms with van der Waals surface area (Å²) in [7, 11) is 0. The number of hydrogen-bond acceptors (Lipinski definition) is 0. The van der Waals surface area contributed by atoms with Crippen LogP contribution in [0.4, 0.5) is 13.2 Å². The molecule has 1 aliphatic rings. The van der Waals surface area contributed by atoms with E-state index in [1.165, 1.54) is 0 Å². The molecule has 0 heterocycles. The van der Waals surface area contributed by atoms with Gasteiger partial charge in [0.15, 0.2) is 0 Å². The summed E-state index contributed by atoms with van der Waals surface area (Å²) < 4.78 is 37.6. The first-order valence-corrected chi connectivity index (χ1v) is 5.80. The van der Waals surface area contributed by atoms with E-state index in [0.717, 1.165) is 22.3 Å². The molecule has 0 N–H and O–H groups in total. The number of benzene rings is 2. The molecule has 1 aliphatic carbocycles. The zero-order valence-electron chi connectivity index (χ0n) is 9.59. The van der Waals surface area contributed by atoms with E-state index >= 15 is 0 Å². The lowest BCUT2D eigenvalue weighted by Crippen LogP contribution is -2.13. The molecule has 2 aromatic carbocycles. The largest absolute Gasteiger partial charge is 0.393 e. The van der Waals surface area contributed by atoms with Gasteiger partial charge in [-0.3, -0.25) is 0 Å². The molecule has 0 amide bonds. The minimum Gasteiger partial charge on any atom is -0.171 e. The maximum absolute atomic E-state index is 12.5. The second-order valence-electron chi connectivity index (χ2n) is 4.57. The van der Waals surface area contributed by atoms with E-state index in [2.05, 4.69) is 0 Å².